The maximum absolute atomic E-state index is 13.6. The molecule has 2 aromatic rings. The van der Waals surface area contributed by atoms with Gasteiger partial charge in [0.15, 0.2) is 0 Å². The van der Waals surface area contributed by atoms with Crippen LogP contribution in [0.4, 0.5) is 0 Å². The topological polar surface area (TPSA) is 95.6 Å². The van der Waals surface area contributed by atoms with Crippen molar-refractivity contribution in [2.75, 3.05) is 13.1 Å². The number of sulfonamides is 1. The van der Waals surface area contributed by atoms with Gasteiger partial charge in [-0.3, -0.25) is 9.59 Å². The van der Waals surface area contributed by atoms with Gasteiger partial charge in [0, 0.05) is 30.7 Å². The molecule has 0 aromatic heterocycles. The molecule has 8 heteroatoms. The predicted octanol–water partition coefficient (Wildman–Crippen LogP) is 4.18. The normalized spacial score (nSPS) is 22.9. The number of nitrogens with one attached hydrogen (secondary N) is 2. The third kappa shape index (κ3) is 6.07. The van der Waals surface area contributed by atoms with Crippen LogP contribution in [0.2, 0.25) is 0 Å². The van der Waals surface area contributed by atoms with Crippen LogP contribution in [-0.2, 0) is 14.8 Å². The molecule has 200 valence electrons. The summed E-state index contributed by atoms with van der Waals surface area (Å²) in [5, 5.41) is 6.32. The Balaban J connectivity index is 1.44. The highest BCUT2D eigenvalue weighted by Crippen LogP contribution is 2.29. The minimum Gasteiger partial charge on any atom is -0.351 e. The first-order valence-corrected chi connectivity index (χ1v) is 14.8. The molecule has 2 amide bonds. The van der Waals surface area contributed by atoms with Gasteiger partial charge in [-0.1, -0.05) is 48.7 Å². The van der Waals surface area contributed by atoms with E-state index in [1.807, 2.05) is 64.1 Å². The Hall–Kier alpha value is -2.71. The summed E-state index contributed by atoms with van der Waals surface area (Å²) in [6.07, 6.45) is 4.87. The minimum absolute atomic E-state index is 0.122. The van der Waals surface area contributed by atoms with Crippen LogP contribution in [0.1, 0.15) is 71.1 Å². The molecule has 7 nitrogen and oxygen atoms in total. The lowest BCUT2D eigenvalue weighted by molar-refractivity contribution is -0.127. The quantitative estimate of drug-likeness (QED) is 0.592. The number of piperidine rings is 1. The van der Waals surface area contributed by atoms with Gasteiger partial charge in [-0.2, -0.15) is 4.31 Å². The van der Waals surface area contributed by atoms with Crippen molar-refractivity contribution in [2.24, 2.45) is 5.92 Å². The second kappa shape index (κ2) is 11.4. The van der Waals surface area contributed by atoms with Crippen LogP contribution in [0.25, 0.3) is 0 Å². The number of benzene rings is 2. The van der Waals surface area contributed by atoms with Crippen molar-refractivity contribution in [2.45, 2.75) is 83.2 Å². The fraction of sp³-hybridized carbons (Fsp3) is 0.517. The fourth-order valence-electron chi connectivity index (χ4n) is 5.93. The summed E-state index contributed by atoms with van der Waals surface area (Å²) >= 11 is 0. The van der Waals surface area contributed by atoms with Crippen molar-refractivity contribution in [3.8, 4) is 0 Å². The molecule has 2 aliphatic rings. The molecule has 1 unspecified atom stereocenters. The SMILES string of the molecule is Cc1cc(C)c(S(=O)(=O)N2CCCC(C(=O)N[C@@H]3CCCC[C@H]3NC(=O)c3ccccc3C)C2)c(C)c1. The Kier molecular flexibility index (Phi) is 8.39. The molecular weight excluding hydrogens is 486 g/mol. The monoisotopic (exact) mass is 525 g/mol. The average molecular weight is 526 g/mol. The van der Waals surface area contributed by atoms with Crippen molar-refractivity contribution in [3.63, 3.8) is 0 Å². The van der Waals surface area contributed by atoms with E-state index in [1.54, 1.807) is 0 Å². The summed E-state index contributed by atoms with van der Waals surface area (Å²) in [5.74, 6) is -0.661. The number of carbonyl (C=O) groups excluding carboxylic acids is 2. The Morgan fingerprint density at radius 3 is 2.11 bits per heavy atom. The molecular formula is C29H39N3O4S. The zero-order chi connectivity index (χ0) is 26.7. The van der Waals surface area contributed by atoms with E-state index in [2.05, 4.69) is 10.6 Å². The van der Waals surface area contributed by atoms with Crippen LogP contribution in [-0.4, -0.2) is 49.7 Å². The van der Waals surface area contributed by atoms with Crippen LogP contribution in [0.5, 0.6) is 0 Å². The molecule has 4 rings (SSSR count). The first kappa shape index (κ1) is 27.3. The average Bonchev–Trinajstić information content (AvgIpc) is 2.84. The van der Waals surface area contributed by atoms with E-state index < -0.39 is 15.9 Å². The summed E-state index contributed by atoms with van der Waals surface area (Å²) in [4.78, 5) is 26.6. The number of carbonyl (C=O) groups is 2. The first-order chi connectivity index (χ1) is 17.6. The second-order valence-corrected chi connectivity index (χ2v) is 12.6. The molecule has 1 saturated heterocycles. The minimum atomic E-state index is -3.70. The maximum Gasteiger partial charge on any atom is 0.251 e. The van der Waals surface area contributed by atoms with E-state index in [-0.39, 0.29) is 30.4 Å². The van der Waals surface area contributed by atoms with Crippen LogP contribution in [0, 0.1) is 33.6 Å². The van der Waals surface area contributed by atoms with Crippen LogP contribution >= 0.6 is 0 Å². The number of nitrogens with zero attached hydrogens (tertiary/aromatic N) is 1. The highest BCUT2D eigenvalue weighted by Gasteiger charge is 2.36. The molecule has 37 heavy (non-hydrogen) atoms. The van der Waals surface area contributed by atoms with Crippen LogP contribution < -0.4 is 10.6 Å². The molecule has 2 N–H and O–H groups in total. The molecule has 0 spiro atoms. The number of rotatable bonds is 6. The summed E-state index contributed by atoms with van der Waals surface area (Å²) in [5.41, 5.74) is 4.06. The van der Waals surface area contributed by atoms with Gasteiger partial charge in [0.05, 0.1) is 10.8 Å². The van der Waals surface area contributed by atoms with Crippen molar-refractivity contribution in [1.29, 1.82) is 0 Å². The van der Waals surface area contributed by atoms with Crippen molar-refractivity contribution < 1.29 is 18.0 Å². The van der Waals surface area contributed by atoms with Gasteiger partial charge in [0.1, 0.15) is 0 Å². The molecule has 2 fully saturated rings. The van der Waals surface area contributed by atoms with Crippen molar-refractivity contribution >= 4 is 21.8 Å². The lowest BCUT2D eigenvalue weighted by atomic mass is 9.89. The van der Waals surface area contributed by atoms with Gasteiger partial charge in [0.2, 0.25) is 15.9 Å². The molecule has 1 heterocycles. The third-order valence-corrected chi connectivity index (χ3v) is 9.93. The molecule has 1 aliphatic heterocycles. The lowest BCUT2D eigenvalue weighted by Crippen LogP contribution is -2.55. The van der Waals surface area contributed by atoms with E-state index in [1.165, 1.54) is 4.31 Å². The number of hydrogen-bond donors (Lipinski definition) is 2. The number of amides is 2. The van der Waals surface area contributed by atoms with E-state index >= 15 is 0 Å². The highest BCUT2D eigenvalue weighted by molar-refractivity contribution is 7.89. The van der Waals surface area contributed by atoms with Gasteiger partial charge in [-0.25, -0.2) is 8.42 Å². The Labute approximate surface area is 221 Å². The number of hydrogen-bond acceptors (Lipinski definition) is 4. The molecule has 0 radical (unpaired) electrons. The summed E-state index contributed by atoms with van der Waals surface area (Å²) in [7, 11) is -3.70. The van der Waals surface area contributed by atoms with Gasteiger partial charge in [-0.05, 0) is 76.1 Å². The third-order valence-electron chi connectivity index (χ3n) is 7.76. The molecule has 0 bridgehead atoms. The van der Waals surface area contributed by atoms with E-state index in [0.29, 0.717) is 29.8 Å². The number of aryl methyl sites for hydroxylation is 4. The Bertz CT molecular complexity index is 1250. The van der Waals surface area contributed by atoms with Crippen LogP contribution in [0.15, 0.2) is 41.3 Å². The molecule has 2 aromatic carbocycles. The zero-order valence-electron chi connectivity index (χ0n) is 22.3. The molecule has 1 aliphatic carbocycles. The first-order valence-electron chi connectivity index (χ1n) is 13.3. The Morgan fingerprint density at radius 1 is 0.838 bits per heavy atom. The summed E-state index contributed by atoms with van der Waals surface area (Å²) < 4.78 is 28.6. The standard InChI is InChI=1S/C29H39N3O4S/c1-19-16-21(3)27(22(4)17-19)37(35,36)32-15-9-11-23(18-32)28(33)30-25-13-7-8-14-26(25)31-29(34)24-12-6-5-10-20(24)2/h5-6,10,12,16-17,23,25-26H,7-9,11,13-15,18H2,1-4H3,(H,30,33)(H,31,34)/t23?,25-,26-/m1/s1. The maximum atomic E-state index is 13.6. The second-order valence-electron chi connectivity index (χ2n) is 10.7. The van der Waals surface area contributed by atoms with Crippen molar-refractivity contribution in [1.82, 2.24) is 14.9 Å². The van der Waals surface area contributed by atoms with Gasteiger partial charge >= 0.3 is 0 Å². The fourth-order valence-corrected chi connectivity index (χ4v) is 7.86. The van der Waals surface area contributed by atoms with Crippen LogP contribution in [0.3, 0.4) is 0 Å². The summed E-state index contributed by atoms with van der Waals surface area (Å²) in [6.45, 7) is 8.12. The summed E-state index contributed by atoms with van der Waals surface area (Å²) in [6, 6.07) is 11.0. The predicted molar refractivity (Wildman–Crippen MR) is 145 cm³/mol. The molecule has 3 atom stereocenters. The Morgan fingerprint density at radius 2 is 1.46 bits per heavy atom. The lowest BCUT2D eigenvalue weighted by Gasteiger charge is -2.36. The van der Waals surface area contributed by atoms with Gasteiger partial charge < -0.3 is 10.6 Å². The van der Waals surface area contributed by atoms with E-state index in [0.717, 1.165) is 47.9 Å². The van der Waals surface area contributed by atoms with E-state index in [9.17, 15) is 18.0 Å². The van der Waals surface area contributed by atoms with Crippen molar-refractivity contribution in [3.05, 3.63) is 64.2 Å². The largest absolute Gasteiger partial charge is 0.351 e. The molecule has 1 saturated carbocycles. The zero-order valence-corrected chi connectivity index (χ0v) is 23.2. The van der Waals surface area contributed by atoms with Gasteiger partial charge in [0.25, 0.3) is 5.91 Å². The smallest absolute Gasteiger partial charge is 0.251 e. The van der Waals surface area contributed by atoms with Gasteiger partial charge in [-0.15, -0.1) is 0 Å². The highest BCUT2D eigenvalue weighted by atomic mass is 32.2. The van der Waals surface area contributed by atoms with E-state index in [4.69, 9.17) is 0 Å².